The van der Waals surface area contributed by atoms with Crippen molar-refractivity contribution in [3.8, 4) is 0 Å². The van der Waals surface area contributed by atoms with Crippen LogP contribution in [0.1, 0.15) is 26.2 Å². The van der Waals surface area contributed by atoms with E-state index in [1.807, 2.05) is 6.92 Å². The van der Waals surface area contributed by atoms with Crippen LogP contribution in [0, 0.1) is 11.8 Å². The molecule has 1 aliphatic heterocycles. The van der Waals surface area contributed by atoms with Gasteiger partial charge in [0.2, 0.25) is 0 Å². The molecule has 0 saturated carbocycles. The highest BCUT2D eigenvalue weighted by molar-refractivity contribution is 5.77. The second-order valence-electron chi connectivity index (χ2n) is 5.11. The molecule has 6 nitrogen and oxygen atoms in total. The largest absolute Gasteiger partial charge is 0.481 e. The summed E-state index contributed by atoms with van der Waals surface area (Å²) < 4.78 is 4.95. The van der Waals surface area contributed by atoms with E-state index in [9.17, 15) is 9.59 Å². The number of amides is 2. The van der Waals surface area contributed by atoms with Crippen LogP contribution in [0.25, 0.3) is 0 Å². The second kappa shape index (κ2) is 7.99. The van der Waals surface area contributed by atoms with E-state index in [4.69, 9.17) is 9.84 Å². The zero-order valence-corrected chi connectivity index (χ0v) is 11.7. The molecule has 0 aromatic rings. The molecule has 1 saturated heterocycles. The molecule has 0 aromatic heterocycles. The molecule has 0 radical (unpaired) electrons. The van der Waals surface area contributed by atoms with Gasteiger partial charge in [0.1, 0.15) is 0 Å². The van der Waals surface area contributed by atoms with Crippen LogP contribution in [0.2, 0.25) is 0 Å². The van der Waals surface area contributed by atoms with E-state index in [2.05, 4.69) is 5.32 Å². The van der Waals surface area contributed by atoms with Crippen molar-refractivity contribution in [3.63, 3.8) is 0 Å². The number of hydrogen-bond acceptors (Lipinski definition) is 3. The Morgan fingerprint density at radius 2 is 2.05 bits per heavy atom. The molecule has 2 unspecified atom stereocenters. The SMILES string of the molecule is COCCCCCNC(=O)N1CC(C)C(C(=O)O)C1. The Morgan fingerprint density at radius 3 is 2.63 bits per heavy atom. The number of nitrogens with one attached hydrogen (secondary N) is 1. The number of carboxylic acid groups (broad SMARTS) is 1. The quantitative estimate of drug-likeness (QED) is 0.682. The fourth-order valence-electron chi connectivity index (χ4n) is 2.31. The summed E-state index contributed by atoms with van der Waals surface area (Å²) in [6.45, 7) is 4.08. The van der Waals surface area contributed by atoms with Crippen LogP contribution in [0.5, 0.6) is 0 Å². The third-order valence-corrected chi connectivity index (χ3v) is 3.52. The topological polar surface area (TPSA) is 78.9 Å². The number of carbonyl (C=O) groups excluding carboxylic acids is 1. The number of ether oxygens (including phenoxy) is 1. The monoisotopic (exact) mass is 272 g/mol. The van der Waals surface area contributed by atoms with E-state index < -0.39 is 11.9 Å². The zero-order chi connectivity index (χ0) is 14.3. The number of carboxylic acids is 1. The number of hydrogen-bond donors (Lipinski definition) is 2. The fourth-order valence-corrected chi connectivity index (χ4v) is 2.31. The number of nitrogens with zero attached hydrogens (tertiary/aromatic N) is 1. The Balaban J connectivity index is 2.19. The number of aliphatic carboxylic acids is 1. The third kappa shape index (κ3) is 5.06. The molecule has 0 aliphatic carbocycles. The summed E-state index contributed by atoms with van der Waals surface area (Å²) in [5, 5.41) is 11.8. The lowest BCUT2D eigenvalue weighted by Gasteiger charge is -2.16. The van der Waals surface area contributed by atoms with Gasteiger partial charge in [-0.1, -0.05) is 6.92 Å². The van der Waals surface area contributed by atoms with Crippen LogP contribution in [0.15, 0.2) is 0 Å². The number of methoxy groups -OCH3 is 1. The van der Waals surface area contributed by atoms with Gasteiger partial charge in [0.15, 0.2) is 0 Å². The van der Waals surface area contributed by atoms with Gasteiger partial charge in [-0.3, -0.25) is 4.79 Å². The van der Waals surface area contributed by atoms with Crippen molar-refractivity contribution in [1.82, 2.24) is 10.2 Å². The number of likely N-dealkylation sites (tertiary alicyclic amines) is 1. The van der Waals surface area contributed by atoms with Crippen LogP contribution in [-0.2, 0) is 9.53 Å². The van der Waals surface area contributed by atoms with Crippen LogP contribution in [0.3, 0.4) is 0 Å². The molecule has 1 aliphatic rings. The van der Waals surface area contributed by atoms with Crippen molar-refractivity contribution >= 4 is 12.0 Å². The van der Waals surface area contributed by atoms with Crippen molar-refractivity contribution in [3.05, 3.63) is 0 Å². The van der Waals surface area contributed by atoms with Crippen molar-refractivity contribution in [2.75, 3.05) is 33.4 Å². The first kappa shape index (κ1) is 15.8. The predicted octanol–water partition coefficient (Wildman–Crippen LogP) is 1.17. The minimum absolute atomic E-state index is 0.0185. The highest BCUT2D eigenvalue weighted by Crippen LogP contribution is 2.22. The zero-order valence-electron chi connectivity index (χ0n) is 11.7. The summed E-state index contributed by atoms with van der Waals surface area (Å²) >= 11 is 0. The van der Waals surface area contributed by atoms with E-state index in [1.54, 1.807) is 12.0 Å². The maximum atomic E-state index is 11.8. The van der Waals surface area contributed by atoms with E-state index >= 15 is 0 Å². The average Bonchev–Trinajstić information content (AvgIpc) is 2.75. The van der Waals surface area contributed by atoms with Gasteiger partial charge in [0, 0.05) is 33.4 Å². The second-order valence-corrected chi connectivity index (χ2v) is 5.11. The minimum Gasteiger partial charge on any atom is -0.481 e. The molecule has 0 spiro atoms. The molecule has 1 heterocycles. The van der Waals surface area contributed by atoms with Gasteiger partial charge >= 0.3 is 12.0 Å². The van der Waals surface area contributed by atoms with Crippen molar-refractivity contribution < 1.29 is 19.4 Å². The molecule has 110 valence electrons. The molecule has 2 atom stereocenters. The van der Waals surface area contributed by atoms with Crippen molar-refractivity contribution in [1.29, 1.82) is 0 Å². The third-order valence-electron chi connectivity index (χ3n) is 3.52. The van der Waals surface area contributed by atoms with Gasteiger partial charge < -0.3 is 20.1 Å². The molecule has 0 bridgehead atoms. The molecule has 1 rings (SSSR count). The predicted molar refractivity (Wildman–Crippen MR) is 71.0 cm³/mol. The molecule has 19 heavy (non-hydrogen) atoms. The van der Waals surface area contributed by atoms with E-state index in [1.165, 1.54) is 0 Å². The molecule has 1 fully saturated rings. The standard InChI is InChI=1S/C13H24N2O4/c1-10-8-15(9-11(10)12(16)17)13(18)14-6-4-3-5-7-19-2/h10-11H,3-9H2,1-2H3,(H,14,18)(H,16,17). The van der Waals surface area contributed by atoms with Crippen LogP contribution in [0.4, 0.5) is 4.79 Å². The van der Waals surface area contributed by atoms with Gasteiger partial charge in [-0.2, -0.15) is 0 Å². The Hall–Kier alpha value is -1.30. The number of rotatable bonds is 7. The molecular formula is C13H24N2O4. The molecule has 0 aromatic carbocycles. The van der Waals surface area contributed by atoms with E-state index in [0.29, 0.717) is 19.6 Å². The number of urea groups is 1. The lowest BCUT2D eigenvalue weighted by Crippen LogP contribution is -2.39. The maximum Gasteiger partial charge on any atom is 0.317 e. The average molecular weight is 272 g/mol. The Labute approximate surface area is 114 Å². The first-order valence-electron chi connectivity index (χ1n) is 6.80. The highest BCUT2D eigenvalue weighted by atomic mass is 16.5. The van der Waals surface area contributed by atoms with Gasteiger partial charge in [-0.05, 0) is 25.2 Å². The van der Waals surface area contributed by atoms with Gasteiger partial charge in [-0.15, -0.1) is 0 Å². The van der Waals surface area contributed by atoms with Crippen LogP contribution >= 0.6 is 0 Å². The molecule has 2 N–H and O–H groups in total. The first-order valence-corrected chi connectivity index (χ1v) is 6.80. The molecular weight excluding hydrogens is 248 g/mol. The Morgan fingerprint density at radius 1 is 1.32 bits per heavy atom. The van der Waals surface area contributed by atoms with E-state index in [-0.39, 0.29) is 11.9 Å². The van der Waals surface area contributed by atoms with Crippen molar-refractivity contribution in [2.24, 2.45) is 11.8 Å². The van der Waals surface area contributed by atoms with Gasteiger partial charge in [-0.25, -0.2) is 4.79 Å². The summed E-state index contributed by atoms with van der Waals surface area (Å²) in [4.78, 5) is 24.4. The van der Waals surface area contributed by atoms with Crippen LogP contribution in [-0.4, -0.2) is 55.4 Å². The summed E-state index contributed by atoms with van der Waals surface area (Å²) in [5.74, 6) is -1.24. The smallest absolute Gasteiger partial charge is 0.317 e. The first-order chi connectivity index (χ1) is 9.06. The summed E-state index contributed by atoms with van der Waals surface area (Å²) in [6.07, 6.45) is 2.93. The Bertz CT molecular complexity index is 309. The minimum atomic E-state index is -0.817. The Kier molecular flexibility index (Phi) is 6.62. The summed E-state index contributed by atoms with van der Waals surface area (Å²) in [5.41, 5.74) is 0. The lowest BCUT2D eigenvalue weighted by atomic mass is 9.99. The molecule has 6 heteroatoms. The summed E-state index contributed by atoms with van der Waals surface area (Å²) in [7, 11) is 1.68. The van der Waals surface area contributed by atoms with Gasteiger partial charge in [0.05, 0.1) is 5.92 Å². The van der Waals surface area contributed by atoms with Crippen molar-refractivity contribution in [2.45, 2.75) is 26.2 Å². The van der Waals surface area contributed by atoms with E-state index in [0.717, 1.165) is 25.9 Å². The highest BCUT2D eigenvalue weighted by Gasteiger charge is 2.36. The fraction of sp³-hybridized carbons (Fsp3) is 0.846. The van der Waals surface area contributed by atoms with Gasteiger partial charge in [0.25, 0.3) is 0 Å². The normalized spacial score (nSPS) is 22.5. The maximum absolute atomic E-state index is 11.8. The molecule has 2 amide bonds. The lowest BCUT2D eigenvalue weighted by molar-refractivity contribution is -0.142. The number of unbranched alkanes of at least 4 members (excludes halogenated alkanes) is 2. The number of carbonyl (C=O) groups is 2. The van der Waals surface area contributed by atoms with Crippen LogP contribution < -0.4 is 5.32 Å². The summed E-state index contributed by atoms with van der Waals surface area (Å²) in [6, 6.07) is -0.151.